The highest BCUT2D eigenvalue weighted by molar-refractivity contribution is 5.34. The van der Waals surface area contributed by atoms with Crippen LogP contribution in [0.15, 0.2) is 36.7 Å². The van der Waals surface area contributed by atoms with Crippen molar-refractivity contribution in [2.24, 2.45) is 11.7 Å². The van der Waals surface area contributed by atoms with Gasteiger partial charge in [0, 0.05) is 25.0 Å². The largest absolute Gasteiger partial charge is 0.350 e. The van der Waals surface area contributed by atoms with E-state index in [1.54, 1.807) is 6.07 Å². The second kappa shape index (κ2) is 5.89. The number of nitriles is 1. The molecule has 2 N–H and O–H groups in total. The zero-order valence-corrected chi connectivity index (χ0v) is 11.7. The molecule has 0 saturated heterocycles. The number of aromatic nitrogens is 1. The quantitative estimate of drug-likeness (QED) is 0.928. The molecule has 1 unspecified atom stereocenters. The van der Waals surface area contributed by atoms with Crippen LogP contribution in [0.3, 0.4) is 0 Å². The van der Waals surface area contributed by atoms with Gasteiger partial charge in [0.2, 0.25) is 0 Å². The van der Waals surface area contributed by atoms with Gasteiger partial charge < -0.3 is 10.3 Å². The van der Waals surface area contributed by atoms with Crippen molar-refractivity contribution in [3.05, 3.63) is 59.2 Å². The van der Waals surface area contributed by atoms with E-state index in [1.807, 2.05) is 29.1 Å². The summed E-state index contributed by atoms with van der Waals surface area (Å²) in [5.74, 6) is -0.0180. The summed E-state index contributed by atoms with van der Waals surface area (Å²) in [5, 5.41) is 8.85. The van der Waals surface area contributed by atoms with Crippen molar-refractivity contribution in [3.8, 4) is 6.07 Å². The fraction of sp³-hybridized carbons (Fsp3) is 0.312. The van der Waals surface area contributed by atoms with Gasteiger partial charge >= 0.3 is 0 Å². The molecule has 0 bridgehead atoms. The van der Waals surface area contributed by atoms with Crippen molar-refractivity contribution < 1.29 is 4.39 Å². The minimum atomic E-state index is -0.384. The standard InChI is InChI=1S/C16H18FN3/c1-11(2)16(19)14-3-4-20(10-14)9-13-5-12(8-18)6-15(17)7-13/h3-7,10-11,16H,9,19H2,1-2H3. The molecule has 0 aliphatic rings. The molecule has 20 heavy (non-hydrogen) atoms. The van der Waals surface area contributed by atoms with E-state index in [9.17, 15) is 4.39 Å². The maximum atomic E-state index is 13.4. The molecule has 0 aliphatic heterocycles. The Kier molecular flexibility index (Phi) is 4.21. The number of halogens is 1. The van der Waals surface area contributed by atoms with Gasteiger partial charge in [-0.3, -0.25) is 0 Å². The molecule has 2 rings (SSSR count). The summed E-state index contributed by atoms with van der Waals surface area (Å²) in [7, 11) is 0. The van der Waals surface area contributed by atoms with Crippen LogP contribution in [0.4, 0.5) is 4.39 Å². The number of nitrogens with zero attached hydrogens (tertiary/aromatic N) is 2. The van der Waals surface area contributed by atoms with E-state index in [0.717, 1.165) is 11.1 Å². The van der Waals surface area contributed by atoms with Gasteiger partial charge in [0.1, 0.15) is 5.82 Å². The molecule has 1 heterocycles. The summed E-state index contributed by atoms with van der Waals surface area (Å²) < 4.78 is 15.3. The van der Waals surface area contributed by atoms with Crippen molar-refractivity contribution in [1.82, 2.24) is 4.57 Å². The Morgan fingerprint density at radius 1 is 1.35 bits per heavy atom. The third kappa shape index (κ3) is 3.25. The molecule has 104 valence electrons. The Morgan fingerprint density at radius 2 is 2.10 bits per heavy atom. The first-order chi connectivity index (χ1) is 9.49. The third-order valence-electron chi connectivity index (χ3n) is 3.33. The lowest BCUT2D eigenvalue weighted by Gasteiger charge is -2.13. The number of rotatable bonds is 4. The highest BCUT2D eigenvalue weighted by Gasteiger charge is 2.11. The second-order valence-corrected chi connectivity index (χ2v) is 5.35. The molecule has 3 nitrogen and oxygen atoms in total. The number of hydrogen-bond acceptors (Lipinski definition) is 2. The molecule has 0 fully saturated rings. The first-order valence-electron chi connectivity index (χ1n) is 6.60. The Hall–Kier alpha value is -2.12. The summed E-state index contributed by atoms with van der Waals surface area (Å²) in [6.45, 7) is 4.68. The molecule has 0 saturated carbocycles. The fourth-order valence-corrected chi connectivity index (χ4v) is 2.16. The van der Waals surface area contributed by atoms with Crippen LogP contribution < -0.4 is 5.73 Å². The molecule has 0 radical (unpaired) electrons. The highest BCUT2D eigenvalue weighted by Crippen LogP contribution is 2.19. The van der Waals surface area contributed by atoms with Crippen LogP contribution in [0.5, 0.6) is 0 Å². The highest BCUT2D eigenvalue weighted by atomic mass is 19.1. The normalized spacial score (nSPS) is 12.4. The molecular weight excluding hydrogens is 253 g/mol. The SMILES string of the molecule is CC(C)C(N)c1ccn(Cc2cc(F)cc(C#N)c2)c1. The summed E-state index contributed by atoms with van der Waals surface area (Å²) >= 11 is 0. The van der Waals surface area contributed by atoms with E-state index >= 15 is 0 Å². The average molecular weight is 271 g/mol. The first-order valence-corrected chi connectivity index (χ1v) is 6.60. The van der Waals surface area contributed by atoms with E-state index in [-0.39, 0.29) is 11.9 Å². The van der Waals surface area contributed by atoms with Crippen LogP contribution in [0.1, 0.15) is 36.6 Å². The van der Waals surface area contributed by atoms with Gasteiger partial charge in [0.05, 0.1) is 11.6 Å². The lowest BCUT2D eigenvalue weighted by atomic mass is 10.00. The average Bonchev–Trinajstić information content (AvgIpc) is 2.85. The van der Waals surface area contributed by atoms with Gasteiger partial charge in [-0.1, -0.05) is 13.8 Å². The van der Waals surface area contributed by atoms with E-state index < -0.39 is 0 Å². The maximum Gasteiger partial charge on any atom is 0.124 e. The van der Waals surface area contributed by atoms with Crippen LogP contribution in [-0.4, -0.2) is 4.57 Å². The number of hydrogen-bond donors (Lipinski definition) is 1. The summed E-state index contributed by atoms with van der Waals surface area (Å²) in [4.78, 5) is 0. The fourth-order valence-electron chi connectivity index (χ4n) is 2.16. The minimum absolute atomic E-state index is 0.00145. The smallest absolute Gasteiger partial charge is 0.124 e. The Labute approximate surface area is 118 Å². The Bertz CT molecular complexity index is 637. The summed E-state index contributed by atoms with van der Waals surface area (Å²) in [5.41, 5.74) is 8.27. The molecule has 0 amide bonds. The van der Waals surface area contributed by atoms with Crippen LogP contribution in [0.2, 0.25) is 0 Å². The minimum Gasteiger partial charge on any atom is -0.350 e. The summed E-state index contributed by atoms with van der Waals surface area (Å²) in [6, 6.07) is 8.33. The molecule has 1 aromatic heterocycles. The number of benzene rings is 1. The Morgan fingerprint density at radius 3 is 2.75 bits per heavy atom. The predicted molar refractivity (Wildman–Crippen MR) is 76.4 cm³/mol. The van der Waals surface area contributed by atoms with E-state index in [1.165, 1.54) is 12.1 Å². The van der Waals surface area contributed by atoms with Gasteiger partial charge in [0.15, 0.2) is 0 Å². The number of nitrogens with two attached hydrogens (primary N) is 1. The monoisotopic (exact) mass is 271 g/mol. The van der Waals surface area contributed by atoms with Crippen molar-refractivity contribution in [2.45, 2.75) is 26.4 Å². The molecular formula is C16H18FN3. The zero-order valence-electron chi connectivity index (χ0n) is 11.7. The summed E-state index contributed by atoms with van der Waals surface area (Å²) in [6.07, 6.45) is 3.90. The molecule has 4 heteroatoms. The van der Waals surface area contributed by atoms with Crippen molar-refractivity contribution in [1.29, 1.82) is 5.26 Å². The van der Waals surface area contributed by atoms with Crippen LogP contribution >= 0.6 is 0 Å². The predicted octanol–water partition coefficient (Wildman–Crippen LogP) is 3.20. The Balaban J connectivity index is 2.19. The van der Waals surface area contributed by atoms with Gasteiger partial charge in [-0.2, -0.15) is 5.26 Å². The maximum absolute atomic E-state index is 13.4. The zero-order chi connectivity index (χ0) is 14.7. The lowest BCUT2D eigenvalue weighted by molar-refractivity contribution is 0.513. The lowest BCUT2D eigenvalue weighted by Crippen LogP contribution is -2.15. The molecule has 2 aromatic rings. The van der Waals surface area contributed by atoms with Gasteiger partial charge in [-0.05, 0) is 41.3 Å². The third-order valence-corrected chi connectivity index (χ3v) is 3.33. The first kappa shape index (κ1) is 14.3. The molecule has 1 aromatic carbocycles. The van der Waals surface area contributed by atoms with Crippen molar-refractivity contribution in [2.75, 3.05) is 0 Å². The van der Waals surface area contributed by atoms with Crippen LogP contribution in [0.25, 0.3) is 0 Å². The van der Waals surface area contributed by atoms with Crippen molar-refractivity contribution >= 4 is 0 Å². The van der Waals surface area contributed by atoms with Crippen LogP contribution in [-0.2, 0) is 6.54 Å². The molecule has 0 aliphatic carbocycles. The second-order valence-electron chi connectivity index (χ2n) is 5.35. The van der Waals surface area contributed by atoms with E-state index in [0.29, 0.717) is 18.0 Å². The van der Waals surface area contributed by atoms with Crippen molar-refractivity contribution in [3.63, 3.8) is 0 Å². The van der Waals surface area contributed by atoms with E-state index in [2.05, 4.69) is 13.8 Å². The van der Waals surface area contributed by atoms with Crippen LogP contribution in [0, 0.1) is 23.1 Å². The van der Waals surface area contributed by atoms with Gasteiger partial charge in [0.25, 0.3) is 0 Å². The topological polar surface area (TPSA) is 54.7 Å². The molecule has 1 atom stereocenters. The van der Waals surface area contributed by atoms with E-state index in [4.69, 9.17) is 11.0 Å². The van der Waals surface area contributed by atoms with Gasteiger partial charge in [-0.25, -0.2) is 4.39 Å². The molecule has 0 spiro atoms. The van der Waals surface area contributed by atoms with Gasteiger partial charge in [-0.15, -0.1) is 0 Å².